The fourth-order valence-corrected chi connectivity index (χ4v) is 3.17. The van der Waals surface area contributed by atoms with Crippen molar-refractivity contribution in [1.29, 1.82) is 0 Å². The third kappa shape index (κ3) is 3.71. The van der Waals surface area contributed by atoms with Crippen molar-refractivity contribution in [2.75, 3.05) is 13.1 Å². The van der Waals surface area contributed by atoms with Crippen LogP contribution in [0.3, 0.4) is 0 Å². The summed E-state index contributed by atoms with van der Waals surface area (Å²) in [4.78, 5) is 12.6. The molecule has 0 aromatic heterocycles. The fourth-order valence-electron chi connectivity index (χ4n) is 3.17. The van der Waals surface area contributed by atoms with Crippen molar-refractivity contribution >= 4 is 5.91 Å². The van der Waals surface area contributed by atoms with E-state index in [1.165, 1.54) is 12.8 Å². The molecule has 0 bridgehead atoms. The van der Waals surface area contributed by atoms with Crippen LogP contribution in [-0.4, -0.2) is 19.0 Å². The Morgan fingerprint density at radius 1 is 1.26 bits per heavy atom. The van der Waals surface area contributed by atoms with Crippen LogP contribution in [-0.2, 0) is 4.79 Å². The van der Waals surface area contributed by atoms with E-state index in [2.05, 4.69) is 33.0 Å². The first-order chi connectivity index (χ1) is 8.96. The Kier molecular flexibility index (Phi) is 5.84. The second kappa shape index (κ2) is 6.74. The maximum atomic E-state index is 12.6. The van der Waals surface area contributed by atoms with Gasteiger partial charge in [-0.05, 0) is 37.0 Å². The van der Waals surface area contributed by atoms with Crippen LogP contribution in [0.2, 0.25) is 0 Å². The van der Waals surface area contributed by atoms with Crippen LogP contribution in [0.1, 0.15) is 66.2 Å². The molecular weight excluding hydrogens is 236 g/mol. The second-order valence-corrected chi connectivity index (χ2v) is 6.68. The molecular formula is C16H32N2O. The van der Waals surface area contributed by atoms with Crippen LogP contribution in [0.4, 0.5) is 0 Å². The van der Waals surface area contributed by atoms with Gasteiger partial charge in [0, 0.05) is 13.1 Å². The van der Waals surface area contributed by atoms with Gasteiger partial charge in [-0.3, -0.25) is 4.79 Å². The monoisotopic (exact) mass is 268 g/mol. The predicted octanol–water partition coefficient (Wildman–Crippen LogP) is 3.08. The van der Waals surface area contributed by atoms with E-state index >= 15 is 0 Å². The highest BCUT2D eigenvalue weighted by Gasteiger charge is 2.46. The Labute approximate surface area is 118 Å². The molecule has 3 N–H and O–H groups in total. The summed E-state index contributed by atoms with van der Waals surface area (Å²) in [6, 6.07) is 0. The topological polar surface area (TPSA) is 55.1 Å². The van der Waals surface area contributed by atoms with Crippen molar-refractivity contribution in [3.05, 3.63) is 0 Å². The van der Waals surface area contributed by atoms with Gasteiger partial charge in [-0.25, -0.2) is 0 Å². The van der Waals surface area contributed by atoms with Gasteiger partial charge in [0.25, 0.3) is 0 Å². The molecule has 112 valence electrons. The van der Waals surface area contributed by atoms with Gasteiger partial charge >= 0.3 is 0 Å². The maximum absolute atomic E-state index is 12.6. The van der Waals surface area contributed by atoms with Gasteiger partial charge in [0.15, 0.2) is 0 Å². The van der Waals surface area contributed by atoms with Gasteiger partial charge in [0.2, 0.25) is 5.91 Å². The molecule has 1 fully saturated rings. The lowest BCUT2D eigenvalue weighted by molar-refractivity contribution is -0.131. The molecule has 1 aliphatic carbocycles. The molecule has 19 heavy (non-hydrogen) atoms. The lowest BCUT2D eigenvalue weighted by atomic mass is 9.78. The molecule has 0 saturated heterocycles. The van der Waals surface area contributed by atoms with Crippen LogP contribution < -0.4 is 11.1 Å². The molecule has 0 radical (unpaired) electrons. The van der Waals surface area contributed by atoms with Crippen LogP contribution in [0, 0.1) is 16.7 Å². The zero-order valence-corrected chi connectivity index (χ0v) is 13.2. The van der Waals surface area contributed by atoms with Gasteiger partial charge in [-0.2, -0.15) is 0 Å². The van der Waals surface area contributed by atoms with Crippen LogP contribution in [0.25, 0.3) is 0 Å². The van der Waals surface area contributed by atoms with E-state index in [9.17, 15) is 4.79 Å². The summed E-state index contributed by atoms with van der Waals surface area (Å²) in [5.74, 6) is 0.836. The van der Waals surface area contributed by atoms with Crippen LogP contribution >= 0.6 is 0 Å². The number of nitrogens with two attached hydrogens (primary N) is 1. The second-order valence-electron chi connectivity index (χ2n) is 6.68. The molecule has 1 aliphatic rings. The zero-order chi connectivity index (χ0) is 14.5. The summed E-state index contributed by atoms with van der Waals surface area (Å²) in [5.41, 5.74) is 5.97. The summed E-state index contributed by atoms with van der Waals surface area (Å²) in [6.45, 7) is 10.1. The fraction of sp³-hybridized carbons (Fsp3) is 0.938. The molecule has 0 heterocycles. The lowest BCUT2D eigenvalue weighted by Crippen LogP contribution is -2.47. The Morgan fingerprint density at radius 2 is 1.79 bits per heavy atom. The molecule has 3 heteroatoms. The number of amides is 1. The molecule has 0 aromatic rings. The first-order valence-corrected chi connectivity index (χ1v) is 7.94. The summed E-state index contributed by atoms with van der Waals surface area (Å²) < 4.78 is 0. The van der Waals surface area contributed by atoms with Gasteiger partial charge < -0.3 is 11.1 Å². The van der Waals surface area contributed by atoms with E-state index in [-0.39, 0.29) is 11.3 Å². The third-order valence-electron chi connectivity index (χ3n) is 5.05. The molecule has 0 unspecified atom stereocenters. The highest BCUT2D eigenvalue weighted by Crippen LogP contribution is 2.51. The van der Waals surface area contributed by atoms with E-state index in [1.807, 2.05) is 0 Å². The van der Waals surface area contributed by atoms with Crippen molar-refractivity contribution < 1.29 is 4.79 Å². The highest BCUT2D eigenvalue weighted by molar-refractivity contribution is 5.83. The summed E-state index contributed by atoms with van der Waals surface area (Å²) in [7, 11) is 0. The minimum absolute atomic E-state index is 0.186. The molecule has 1 saturated carbocycles. The molecule has 0 aliphatic heterocycles. The molecule has 3 nitrogen and oxygen atoms in total. The van der Waals surface area contributed by atoms with Crippen molar-refractivity contribution in [1.82, 2.24) is 5.32 Å². The van der Waals surface area contributed by atoms with Gasteiger partial charge in [0.05, 0.1) is 5.41 Å². The van der Waals surface area contributed by atoms with Crippen LogP contribution in [0.5, 0.6) is 0 Å². The SMILES string of the molecule is CCCC(CN)(CCC)C(=O)NCC1(C(C)C)CC1. The summed E-state index contributed by atoms with van der Waals surface area (Å²) in [5, 5.41) is 3.21. The predicted molar refractivity (Wildman–Crippen MR) is 80.8 cm³/mol. The van der Waals surface area contributed by atoms with E-state index < -0.39 is 0 Å². The Hall–Kier alpha value is -0.570. The first-order valence-electron chi connectivity index (χ1n) is 7.94. The van der Waals surface area contributed by atoms with Crippen molar-refractivity contribution in [2.45, 2.75) is 66.2 Å². The molecule has 0 atom stereocenters. The van der Waals surface area contributed by atoms with Crippen molar-refractivity contribution in [2.24, 2.45) is 22.5 Å². The molecule has 1 rings (SSSR count). The minimum atomic E-state index is -0.337. The molecule has 1 amide bonds. The Bertz CT molecular complexity index is 289. The summed E-state index contributed by atoms with van der Waals surface area (Å²) >= 11 is 0. The van der Waals surface area contributed by atoms with Crippen molar-refractivity contribution in [3.8, 4) is 0 Å². The van der Waals surface area contributed by atoms with Crippen molar-refractivity contribution in [3.63, 3.8) is 0 Å². The normalized spacial score (nSPS) is 17.6. The average molecular weight is 268 g/mol. The van der Waals surface area contributed by atoms with Crippen LogP contribution in [0.15, 0.2) is 0 Å². The Balaban J connectivity index is 2.62. The van der Waals surface area contributed by atoms with E-state index in [4.69, 9.17) is 5.73 Å². The lowest BCUT2D eigenvalue weighted by Gasteiger charge is -2.32. The molecule has 0 aromatic carbocycles. The van der Waals surface area contributed by atoms with Gasteiger partial charge in [-0.15, -0.1) is 0 Å². The number of rotatable bonds is 9. The zero-order valence-electron chi connectivity index (χ0n) is 13.2. The maximum Gasteiger partial charge on any atom is 0.227 e. The average Bonchev–Trinajstić information content (AvgIpc) is 3.16. The van der Waals surface area contributed by atoms with E-state index in [1.54, 1.807) is 0 Å². The molecule has 0 spiro atoms. The van der Waals surface area contributed by atoms with E-state index in [0.29, 0.717) is 17.9 Å². The number of hydrogen-bond acceptors (Lipinski definition) is 2. The number of hydrogen-bond donors (Lipinski definition) is 2. The van der Waals surface area contributed by atoms with Gasteiger partial charge in [-0.1, -0.05) is 40.5 Å². The largest absolute Gasteiger partial charge is 0.355 e. The first kappa shape index (κ1) is 16.5. The number of nitrogens with one attached hydrogen (secondary N) is 1. The standard InChI is InChI=1S/C16H32N2O/c1-5-7-15(11-17,8-6-2)14(19)18-12-16(9-10-16)13(3)4/h13H,5-12,17H2,1-4H3,(H,18,19). The number of carbonyl (C=O) groups is 1. The summed E-state index contributed by atoms with van der Waals surface area (Å²) in [6.07, 6.45) is 6.33. The highest BCUT2D eigenvalue weighted by atomic mass is 16.2. The Morgan fingerprint density at radius 3 is 2.11 bits per heavy atom. The van der Waals surface area contributed by atoms with Gasteiger partial charge in [0.1, 0.15) is 0 Å². The smallest absolute Gasteiger partial charge is 0.227 e. The number of carbonyl (C=O) groups excluding carboxylic acids is 1. The minimum Gasteiger partial charge on any atom is -0.355 e. The third-order valence-corrected chi connectivity index (χ3v) is 5.05. The quantitative estimate of drug-likeness (QED) is 0.675. The van der Waals surface area contributed by atoms with E-state index in [0.717, 1.165) is 32.2 Å².